The van der Waals surface area contributed by atoms with E-state index in [1.807, 2.05) is 43.3 Å². The van der Waals surface area contributed by atoms with Gasteiger partial charge in [-0.3, -0.25) is 9.48 Å². The van der Waals surface area contributed by atoms with Crippen molar-refractivity contribution in [1.82, 2.24) is 14.7 Å². The lowest BCUT2D eigenvalue weighted by Gasteiger charge is -2.25. The van der Waals surface area contributed by atoms with E-state index >= 15 is 0 Å². The van der Waals surface area contributed by atoms with Crippen LogP contribution in [-0.4, -0.2) is 61.6 Å². The molecule has 0 bridgehead atoms. The van der Waals surface area contributed by atoms with Gasteiger partial charge in [-0.1, -0.05) is 30.3 Å². The van der Waals surface area contributed by atoms with Crippen molar-refractivity contribution in [3.8, 4) is 11.3 Å². The quantitative estimate of drug-likeness (QED) is 0.435. The monoisotopic (exact) mass is 479 g/mol. The van der Waals surface area contributed by atoms with E-state index in [0.29, 0.717) is 54.3 Å². The van der Waals surface area contributed by atoms with E-state index in [0.717, 1.165) is 11.3 Å². The third kappa shape index (κ3) is 4.36. The zero-order valence-electron chi connectivity index (χ0n) is 19.0. The fraction of sp³-hybridized carbons (Fsp3) is 0.280. The molecule has 0 radical (unpaired) electrons. The van der Waals surface area contributed by atoms with Gasteiger partial charge in [0.05, 0.1) is 24.7 Å². The smallest absolute Gasteiger partial charge is 0.274 e. The number of carbonyl (C=O) groups is 1. The first-order valence-electron chi connectivity index (χ1n) is 11.0. The summed E-state index contributed by atoms with van der Waals surface area (Å²) in [6.07, 6.45) is 1.19. The molecule has 0 atom stereocenters. The average molecular weight is 480 g/mol. The van der Waals surface area contributed by atoms with E-state index in [1.165, 1.54) is 6.26 Å². The van der Waals surface area contributed by atoms with Crippen molar-refractivity contribution >= 4 is 26.7 Å². The molecule has 0 unspecified atom stereocenters. The molecule has 2 aromatic heterocycles. The summed E-state index contributed by atoms with van der Waals surface area (Å²) in [4.78, 5) is 14.8. The predicted octanol–water partition coefficient (Wildman–Crippen LogP) is 3.53. The van der Waals surface area contributed by atoms with Crippen molar-refractivity contribution in [1.29, 1.82) is 0 Å². The van der Waals surface area contributed by atoms with Crippen LogP contribution in [0.15, 0.2) is 63.9 Å². The van der Waals surface area contributed by atoms with Crippen molar-refractivity contribution in [3.05, 3.63) is 71.5 Å². The molecule has 3 heterocycles. The first-order valence-corrected chi connectivity index (χ1v) is 12.9. The van der Waals surface area contributed by atoms with Crippen LogP contribution in [0.3, 0.4) is 0 Å². The van der Waals surface area contributed by atoms with E-state index in [9.17, 15) is 13.2 Å². The van der Waals surface area contributed by atoms with Crippen molar-refractivity contribution in [2.45, 2.75) is 18.4 Å². The standard InChI is InChI=1S/C25H25N3O5S/c1-17-12-22(25(29)27-8-10-32-11-9-27)26-28(17)16-20-14-21(34(2,30)31)13-19-15-23(33-24(19)20)18-6-4-3-5-7-18/h3-7,12-15H,8-11,16H2,1-2H3. The molecule has 0 spiro atoms. The number of ether oxygens (including phenoxy) is 1. The summed E-state index contributed by atoms with van der Waals surface area (Å²) in [6.45, 7) is 4.25. The highest BCUT2D eigenvalue weighted by atomic mass is 32.2. The molecule has 176 valence electrons. The van der Waals surface area contributed by atoms with E-state index in [1.54, 1.807) is 27.8 Å². The van der Waals surface area contributed by atoms with Crippen molar-refractivity contribution in [2.75, 3.05) is 32.6 Å². The normalized spacial score (nSPS) is 14.6. The molecule has 2 aromatic carbocycles. The minimum atomic E-state index is -3.44. The van der Waals surface area contributed by atoms with Gasteiger partial charge < -0.3 is 14.1 Å². The molecular weight excluding hydrogens is 454 g/mol. The summed E-state index contributed by atoms with van der Waals surface area (Å²) < 4.78 is 38.0. The van der Waals surface area contributed by atoms with Gasteiger partial charge in [0, 0.05) is 41.6 Å². The summed E-state index contributed by atoms with van der Waals surface area (Å²) in [5, 5.41) is 5.24. The second-order valence-electron chi connectivity index (χ2n) is 8.48. The Morgan fingerprint density at radius 2 is 1.79 bits per heavy atom. The van der Waals surface area contributed by atoms with E-state index in [2.05, 4.69) is 5.10 Å². The van der Waals surface area contributed by atoms with Gasteiger partial charge in [0.25, 0.3) is 5.91 Å². The zero-order valence-corrected chi connectivity index (χ0v) is 19.8. The Bertz CT molecular complexity index is 1470. The maximum absolute atomic E-state index is 12.9. The second kappa shape index (κ2) is 8.73. The molecule has 0 aliphatic carbocycles. The van der Waals surface area contributed by atoms with Crippen LogP contribution in [0.25, 0.3) is 22.3 Å². The van der Waals surface area contributed by atoms with Crippen molar-refractivity contribution in [3.63, 3.8) is 0 Å². The number of hydrogen-bond acceptors (Lipinski definition) is 6. The van der Waals surface area contributed by atoms with Crippen LogP contribution >= 0.6 is 0 Å². The number of benzene rings is 2. The molecule has 5 rings (SSSR count). The van der Waals surface area contributed by atoms with Crippen LogP contribution in [0.4, 0.5) is 0 Å². The predicted molar refractivity (Wildman–Crippen MR) is 128 cm³/mol. The van der Waals surface area contributed by atoms with Crippen LogP contribution in [0.2, 0.25) is 0 Å². The van der Waals surface area contributed by atoms with Crippen LogP contribution in [0, 0.1) is 6.92 Å². The number of hydrogen-bond donors (Lipinski definition) is 0. The lowest BCUT2D eigenvalue weighted by atomic mass is 10.1. The molecular formula is C25H25N3O5S. The maximum atomic E-state index is 12.9. The third-order valence-corrected chi connectivity index (χ3v) is 7.06. The highest BCUT2D eigenvalue weighted by Crippen LogP contribution is 2.32. The number of aryl methyl sites for hydroxylation is 1. The zero-order chi connectivity index (χ0) is 23.9. The summed E-state index contributed by atoms with van der Waals surface area (Å²) in [6, 6.07) is 16.5. The summed E-state index contributed by atoms with van der Waals surface area (Å²) >= 11 is 0. The topological polar surface area (TPSA) is 94.6 Å². The molecule has 1 aliphatic heterocycles. The van der Waals surface area contributed by atoms with Gasteiger partial charge in [0.15, 0.2) is 15.5 Å². The number of rotatable bonds is 5. The molecule has 34 heavy (non-hydrogen) atoms. The highest BCUT2D eigenvalue weighted by Gasteiger charge is 2.23. The van der Waals surface area contributed by atoms with Gasteiger partial charge in [-0.2, -0.15) is 5.10 Å². The molecule has 1 fully saturated rings. The fourth-order valence-electron chi connectivity index (χ4n) is 4.14. The van der Waals surface area contributed by atoms with E-state index < -0.39 is 9.84 Å². The molecule has 0 N–H and O–H groups in total. The number of nitrogens with zero attached hydrogens (tertiary/aromatic N) is 3. The first kappa shape index (κ1) is 22.4. The fourth-order valence-corrected chi connectivity index (χ4v) is 4.83. The molecule has 8 nitrogen and oxygen atoms in total. The minimum Gasteiger partial charge on any atom is -0.456 e. The molecule has 1 aliphatic rings. The number of carbonyl (C=O) groups excluding carboxylic acids is 1. The van der Waals surface area contributed by atoms with Crippen molar-refractivity contribution < 1.29 is 22.4 Å². The van der Waals surface area contributed by atoms with E-state index in [4.69, 9.17) is 9.15 Å². The van der Waals surface area contributed by atoms with Gasteiger partial charge in [-0.15, -0.1) is 0 Å². The minimum absolute atomic E-state index is 0.135. The average Bonchev–Trinajstić information content (AvgIpc) is 3.43. The van der Waals surface area contributed by atoms with Crippen LogP contribution in [0.5, 0.6) is 0 Å². The molecule has 0 saturated carbocycles. The number of fused-ring (bicyclic) bond motifs is 1. The lowest BCUT2D eigenvalue weighted by molar-refractivity contribution is 0.0298. The highest BCUT2D eigenvalue weighted by molar-refractivity contribution is 7.90. The Balaban J connectivity index is 1.54. The number of morpholine rings is 1. The maximum Gasteiger partial charge on any atom is 0.274 e. The number of amides is 1. The molecule has 4 aromatic rings. The summed E-state index contributed by atoms with van der Waals surface area (Å²) in [7, 11) is -3.44. The van der Waals surface area contributed by atoms with Gasteiger partial charge in [-0.25, -0.2) is 8.42 Å². The number of furan rings is 1. The molecule has 9 heteroatoms. The Kier molecular flexibility index (Phi) is 5.75. The lowest BCUT2D eigenvalue weighted by Crippen LogP contribution is -2.40. The Hall–Kier alpha value is -3.43. The van der Waals surface area contributed by atoms with Crippen LogP contribution in [0.1, 0.15) is 21.7 Å². The van der Waals surface area contributed by atoms with Gasteiger partial charge >= 0.3 is 0 Å². The van der Waals surface area contributed by atoms with Gasteiger partial charge in [0.1, 0.15) is 11.3 Å². The summed E-state index contributed by atoms with van der Waals surface area (Å²) in [5.74, 6) is 0.521. The van der Waals surface area contributed by atoms with Gasteiger partial charge in [-0.05, 0) is 31.2 Å². The van der Waals surface area contributed by atoms with Crippen LogP contribution in [-0.2, 0) is 21.1 Å². The number of aromatic nitrogens is 2. The SMILES string of the molecule is Cc1cc(C(=O)N2CCOCC2)nn1Cc1cc(S(C)(=O)=O)cc2cc(-c3ccccc3)oc12. The Morgan fingerprint density at radius 3 is 2.50 bits per heavy atom. The van der Waals surface area contributed by atoms with Crippen molar-refractivity contribution in [2.24, 2.45) is 0 Å². The number of sulfone groups is 1. The van der Waals surface area contributed by atoms with Gasteiger partial charge in [0.2, 0.25) is 0 Å². The molecule has 1 saturated heterocycles. The Labute approximate surface area is 197 Å². The summed E-state index contributed by atoms with van der Waals surface area (Å²) in [5.41, 5.74) is 3.33. The Morgan fingerprint density at radius 1 is 1.06 bits per heavy atom. The van der Waals surface area contributed by atoms with E-state index in [-0.39, 0.29) is 17.3 Å². The largest absolute Gasteiger partial charge is 0.456 e. The first-order chi connectivity index (χ1) is 16.3. The molecule has 1 amide bonds. The second-order valence-corrected chi connectivity index (χ2v) is 10.5. The third-order valence-electron chi connectivity index (χ3n) is 5.97. The van der Waals surface area contributed by atoms with Crippen LogP contribution < -0.4 is 0 Å².